The smallest absolute Gasteiger partial charge is 0.233 e. The molecule has 2 fully saturated rings. The van der Waals surface area contributed by atoms with Crippen molar-refractivity contribution in [3.63, 3.8) is 0 Å². The van der Waals surface area contributed by atoms with Crippen LogP contribution in [0.15, 0.2) is 48.5 Å². The molecule has 0 spiro atoms. The third kappa shape index (κ3) is 4.49. The number of Topliss-reactive ketones (excluding diaryl/α,β-unsaturated/α-hetero) is 1. The van der Waals surface area contributed by atoms with Gasteiger partial charge in [-0.3, -0.25) is 14.4 Å². The van der Waals surface area contributed by atoms with E-state index in [0.717, 1.165) is 5.56 Å². The fraction of sp³-hybridized carbons (Fsp3) is 0.423. The number of hydrogen-bond acceptors (Lipinski definition) is 4. The highest BCUT2D eigenvalue weighted by molar-refractivity contribution is 5.94. The van der Waals surface area contributed by atoms with Crippen LogP contribution in [0.1, 0.15) is 42.6 Å². The van der Waals surface area contributed by atoms with Crippen molar-refractivity contribution in [2.24, 2.45) is 0 Å². The summed E-state index contributed by atoms with van der Waals surface area (Å²) in [5.74, 6) is -0.461. The number of nitrogens with zero attached hydrogens (tertiary/aromatic N) is 3. The van der Waals surface area contributed by atoms with Crippen LogP contribution in [0.25, 0.3) is 0 Å². The van der Waals surface area contributed by atoms with E-state index in [4.69, 9.17) is 0 Å². The summed E-state index contributed by atoms with van der Waals surface area (Å²) in [7, 11) is 0. The summed E-state index contributed by atoms with van der Waals surface area (Å²) < 4.78 is 14.6. The standard InChI is InChI=1S/C26H30FN3O3/c1-19(31)21-8-9-24(23(27)18-21)29-14-16-30(17-15-29)25(33)26(22-6-4-3-5-7-22)10-12-28(13-11-26)20(2)32/h3-9,18H,10-17H2,1-2H3. The Morgan fingerprint density at radius 3 is 2.00 bits per heavy atom. The van der Waals surface area contributed by atoms with Gasteiger partial charge < -0.3 is 14.7 Å². The zero-order chi connectivity index (χ0) is 23.6. The van der Waals surface area contributed by atoms with Crippen molar-refractivity contribution >= 4 is 23.3 Å². The van der Waals surface area contributed by atoms with Gasteiger partial charge in [0.1, 0.15) is 5.82 Å². The van der Waals surface area contributed by atoms with E-state index >= 15 is 0 Å². The average Bonchev–Trinajstić information content (AvgIpc) is 2.84. The van der Waals surface area contributed by atoms with Crippen LogP contribution >= 0.6 is 0 Å². The lowest BCUT2D eigenvalue weighted by Gasteiger charge is -2.45. The summed E-state index contributed by atoms with van der Waals surface area (Å²) in [5.41, 5.74) is 1.15. The van der Waals surface area contributed by atoms with Gasteiger partial charge in [-0.05, 0) is 43.5 Å². The molecule has 2 aliphatic heterocycles. The third-order valence-electron chi connectivity index (χ3n) is 7.06. The van der Waals surface area contributed by atoms with Gasteiger partial charge in [0.25, 0.3) is 0 Å². The molecule has 2 aromatic rings. The first-order chi connectivity index (χ1) is 15.8. The van der Waals surface area contributed by atoms with Crippen LogP contribution in [0.2, 0.25) is 0 Å². The Morgan fingerprint density at radius 2 is 1.45 bits per heavy atom. The second kappa shape index (κ2) is 9.33. The molecule has 2 amide bonds. The molecule has 0 radical (unpaired) electrons. The maximum atomic E-state index is 14.6. The van der Waals surface area contributed by atoms with Crippen LogP contribution < -0.4 is 4.90 Å². The molecule has 2 heterocycles. The summed E-state index contributed by atoms with van der Waals surface area (Å²) in [6, 6.07) is 14.4. The molecule has 6 nitrogen and oxygen atoms in total. The highest BCUT2D eigenvalue weighted by Gasteiger charge is 2.45. The number of hydrogen-bond donors (Lipinski definition) is 0. The monoisotopic (exact) mass is 451 g/mol. The van der Waals surface area contributed by atoms with Crippen LogP contribution in [-0.2, 0) is 15.0 Å². The van der Waals surface area contributed by atoms with Gasteiger partial charge in [-0.1, -0.05) is 30.3 Å². The lowest BCUT2D eigenvalue weighted by molar-refractivity contribution is -0.142. The Bertz CT molecular complexity index is 1040. The number of rotatable bonds is 4. The van der Waals surface area contributed by atoms with Crippen LogP contribution in [0.4, 0.5) is 10.1 Å². The number of benzene rings is 2. The molecule has 0 atom stereocenters. The van der Waals surface area contributed by atoms with E-state index in [0.29, 0.717) is 63.4 Å². The lowest BCUT2D eigenvalue weighted by atomic mass is 9.71. The molecular weight excluding hydrogens is 421 g/mol. The van der Waals surface area contributed by atoms with Crippen LogP contribution in [0.5, 0.6) is 0 Å². The summed E-state index contributed by atoms with van der Waals surface area (Å²) in [5, 5.41) is 0. The number of ketones is 1. The minimum absolute atomic E-state index is 0.0375. The van der Waals surface area contributed by atoms with Crippen molar-refractivity contribution in [3.05, 3.63) is 65.5 Å². The van der Waals surface area contributed by atoms with Crippen LogP contribution in [0.3, 0.4) is 0 Å². The van der Waals surface area contributed by atoms with Crippen LogP contribution in [0, 0.1) is 5.82 Å². The number of piperazine rings is 1. The van der Waals surface area contributed by atoms with E-state index in [2.05, 4.69) is 0 Å². The predicted octanol–water partition coefficient (Wildman–Crippen LogP) is 3.26. The Hall–Kier alpha value is -3.22. The van der Waals surface area contributed by atoms with E-state index < -0.39 is 11.2 Å². The van der Waals surface area contributed by atoms with E-state index in [1.807, 2.05) is 40.1 Å². The first-order valence-electron chi connectivity index (χ1n) is 11.5. The van der Waals surface area contributed by atoms with Crippen LogP contribution in [-0.4, -0.2) is 66.7 Å². The highest BCUT2D eigenvalue weighted by Crippen LogP contribution is 2.38. The predicted molar refractivity (Wildman–Crippen MR) is 125 cm³/mol. The Morgan fingerprint density at radius 1 is 0.818 bits per heavy atom. The largest absolute Gasteiger partial charge is 0.366 e. The zero-order valence-corrected chi connectivity index (χ0v) is 19.2. The lowest BCUT2D eigenvalue weighted by Crippen LogP contribution is -2.57. The Balaban J connectivity index is 1.50. The molecule has 0 aromatic heterocycles. The van der Waals surface area contributed by atoms with Gasteiger partial charge in [0.15, 0.2) is 5.78 Å². The molecule has 174 valence electrons. The van der Waals surface area contributed by atoms with Crippen molar-refractivity contribution in [2.45, 2.75) is 32.1 Å². The summed E-state index contributed by atoms with van der Waals surface area (Å²) in [6.45, 7) is 6.14. The molecule has 0 aliphatic carbocycles. The number of amides is 2. The second-order valence-corrected chi connectivity index (χ2v) is 8.96. The maximum absolute atomic E-state index is 14.6. The molecule has 2 saturated heterocycles. The second-order valence-electron chi connectivity index (χ2n) is 8.96. The fourth-order valence-electron chi connectivity index (χ4n) is 5.02. The summed E-state index contributed by atoms with van der Waals surface area (Å²) in [6.07, 6.45) is 1.19. The van der Waals surface area contributed by atoms with Crippen molar-refractivity contribution in [2.75, 3.05) is 44.2 Å². The van der Waals surface area contributed by atoms with E-state index in [-0.39, 0.29) is 17.6 Å². The molecule has 4 rings (SSSR count). The minimum atomic E-state index is -0.649. The molecular formula is C26H30FN3O3. The van der Waals surface area contributed by atoms with Gasteiger partial charge in [-0.2, -0.15) is 0 Å². The Labute approximate surface area is 194 Å². The number of halogens is 1. The summed E-state index contributed by atoms with van der Waals surface area (Å²) in [4.78, 5) is 42.9. The molecule has 0 bridgehead atoms. The van der Waals surface area contributed by atoms with E-state index in [1.54, 1.807) is 24.0 Å². The van der Waals surface area contributed by atoms with Gasteiger partial charge in [-0.25, -0.2) is 4.39 Å². The van der Waals surface area contributed by atoms with E-state index in [9.17, 15) is 18.8 Å². The molecule has 0 saturated carbocycles. The number of piperidine rings is 1. The molecule has 33 heavy (non-hydrogen) atoms. The van der Waals surface area contributed by atoms with Crippen molar-refractivity contribution in [1.29, 1.82) is 0 Å². The molecule has 2 aliphatic rings. The van der Waals surface area contributed by atoms with Crippen molar-refractivity contribution < 1.29 is 18.8 Å². The van der Waals surface area contributed by atoms with Gasteiger partial charge in [0, 0.05) is 51.8 Å². The molecule has 0 unspecified atom stereocenters. The van der Waals surface area contributed by atoms with E-state index in [1.165, 1.54) is 13.0 Å². The SMILES string of the molecule is CC(=O)c1ccc(N2CCN(C(=O)C3(c4ccccc4)CCN(C(C)=O)CC3)CC2)c(F)c1. The summed E-state index contributed by atoms with van der Waals surface area (Å²) >= 11 is 0. The highest BCUT2D eigenvalue weighted by atomic mass is 19.1. The van der Waals surface area contributed by atoms with Crippen molar-refractivity contribution in [3.8, 4) is 0 Å². The molecule has 0 N–H and O–H groups in total. The number of carbonyl (C=O) groups is 3. The average molecular weight is 452 g/mol. The number of carbonyl (C=O) groups excluding carboxylic acids is 3. The van der Waals surface area contributed by atoms with Gasteiger partial charge in [-0.15, -0.1) is 0 Å². The third-order valence-corrected chi connectivity index (χ3v) is 7.06. The minimum Gasteiger partial charge on any atom is -0.366 e. The number of likely N-dealkylation sites (tertiary alicyclic amines) is 1. The first-order valence-corrected chi connectivity index (χ1v) is 11.5. The zero-order valence-electron chi connectivity index (χ0n) is 19.2. The van der Waals surface area contributed by atoms with Gasteiger partial charge in [0.05, 0.1) is 11.1 Å². The van der Waals surface area contributed by atoms with Gasteiger partial charge in [0.2, 0.25) is 11.8 Å². The first kappa shape index (κ1) is 23.0. The number of anilines is 1. The van der Waals surface area contributed by atoms with Crippen molar-refractivity contribution in [1.82, 2.24) is 9.80 Å². The molecule has 7 heteroatoms. The fourth-order valence-corrected chi connectivity index (χ4v) is 5.02. The molecule has 2 aromatic carbocycles. The normalized spacial score (nSPS) is 18.2. The Kier molecular flexibility index (Phi) is 6.49. The quantitative estimate of drug-likeness (QED) is 0.670. The topological polar surface area (TPSA) is 60.9 Å². The maximum Gasteiger partial charge on any atom is 0.233 e. The van der Waals surface area contributed by atoms with Gasteiger partial charge >= 0.3 is 0 Å².